The highest BCUT2D eigenvalue weighted by Crippen LogP contribution is 2.34. The van der Waals surface area contributed by atoms with E-state index in [0.29, 0.717) is 18.8 Å². The summed E-state index contributed by atoms with van der Waals surface area (Å²) < 4.78 is 28.5. The van der Waals surface area contributed by atoms with Gasteiger partial charge in [-0.3, -0.25) is 9.78 Å². The summed E-state index contributed by atoms with van der Waals surface area (Å²) in [7, 11) is -3.24. The van der Waals surface area contributed by atoms with Crippen LogP contribution >= 0.6 is 0 Å². The van der Waals surface area contributed by atoms with Crippen LogP contribution in [0, 0.1) is 5.92 Å². The van der Waals surface area contributed by atoms with Gasteiger partial charge in [-0.2, -0.15) is 0 Å². The fourth-order valence-corrected chi connectivity index (χ4v) is 4.48. The Labute approximate surface area is 187 Å². The number of aromatic nitrogens is 2. The molecule has 4 rings (SSSR count). The number of carbonyl (C=O) groups is 1. The first kappa shape index (κ1) is 22.0. The van der Waals surface area contributed by atoms with Crippen LogP contribution in [0.25, 0.3) is 16.3 Å². The van der Waals surface area contributed by atoms with Crippen LogP contribution in [0.1, 0.15) is 31.9 Å². The highest BCUT2D eigenvalue weighted by atomic mass is 32.2. The highest BCUT2D eigenvalue weighted by molar-refractivity contribution is 7.90. The van der Waals surface area contributed by atoms with Gasteiger partial charge in [0, 0.05) is 35.1 Å². The molecule has 1 unspecified atom stereocenters. The van der Waals surface area contributed by atoms with Crippen molar-refractivity contribution in [2.45, 2.75) is 31.1 Å². The molecule has 0 aliphatic heterocycles. The average Bonchev–Trinajstić information content (AvgIpc) is 2.79. The summed E-state index contributed by atoms with van der Waals surface area (Å²) in [5, 5.41) is 5.17. The molecule has 2 heterocycles. The molecule has 8 heteroatoms. The molecule has 0 amide bonds. The molecule has 3 aromatic rings. The lowest BCUT2D eigenvalue weighted by Crippen LogP contribution is -2.19. The van der Waals surface area contributed by atoms with Crippen molar-refractivity contribution in [2.75, 3.05) is 18.2 Å². The van der Waals surface area contributed by atoms with E-state index < -0.39 is 9.84 Å². The van der Waals surface area contributed by atoms with E-state index in [4.69, 9.17) is 4.74 Å². The lowest BCUT2D eigenvalue weighted by atomic mass is 9.87. The number of sulfone groups is 1. The topological polar surface area (TPSA) is 98.2 Å². The lowest BCUT2D eigenvalue weighted by Gasteiger charge is -2.21. The number of ether oxygens (including phenoxy) is 1. The molecule has 1 aromatic carbocycles. The molecule has 1 N–H and O–H groups in total. The van der Waals surface area contributed by atoms with Crippen LogP contribution in [0.3, 0.4) is 0 Å². The van der Waals surface area contributed by atoms with Crippen molar-refractivity contribution in [3.63, 3.8) is 0 Å². The van der Waals surface area contributed by atoms with Crippen molar-refractivity contribution in [3.8, 4) is 0 Å². The fraction of sp³-hybridized carbons (Fsp3) is 0.292. The number of hydrogen-bond donors (Lipinski definition) is 1. The summed E-state index contributed by atoms with van der Waals surface area (Å²) in [5.41, 5.74) is 2.75. The Morgan fingerprint density at radius 3 is 2.62 bits per heavy atom. The van der Waals surface area contributed by atoms with Gasteiger partial charge in [-0.15, -0.1) is 0 Å². The summed E-state index contributed by atoms with van der Waals surface area (Å²) in [5.74, 6) is 0.411. The van der Waals surface area contributed by atoms with Crippen LogP contribution in [-0.4, -0.2) is 37.2 Å². The maximum absolute atomic E-state index is 12.0. The van der Waals surface area contributed by atoms with Crippen LogP contribution in [-0.2, 0) is 19.4 Å². The van der Waals surface area contributed by atoms with Crippen molar-refractivity contribution >= 4 is 43.7 Å². The zero-order chi connectivity index (χ0) is 22.7. The maximum atomic E-state index is 12.0. The average molecular weight is 452 g/mol. The summed E-state index contributed by atoms with van der Waals surface area (Å²) in [6, 6.07) is 10.4. The van der Waals surface area contributed by atoms with Crippen LogP contribution in [0.15, 0.2) is 59.8 Å². The number of hydrogen-bond acceptors (Lipinski definition) is 7. The van der Waals surface area contributed by atoms with Crippen LogP contribution in [0.4, 0.5) is 11.5 Å². The number of anilines is 2. The van der Waals surface area contributed by atoms with E-state index in [1.807, 2.05) is 19.1 Å². The summed E-state index contributed by atoms with van der Waals surface area (Å²) in [6.07, 6.45) is 8.98. The summed E-state index contributed by atoms with van der Waals surface area (Å²) >= 11 is 0. The van der Waals surface area contributed by atoms with Crippen LogP contribution in [0.5, 0.6) is 0 Å². The molecule has 0 saturated heterocycles. The first-order valence-electron chi connectivity index (χ1n) is 10.5. The van der Waals surface area contributed by atoms with Gasteiger partial charge in [-0.1, -0.05) is 6.08 Å². The second-order valence-corrected chi connectivity index (χ2v) is 9.84. The molecule has 0 bridgehead atoms. The number of pyridine rings is 2. The minimum atomic E-state index is -3.24. The molecule has 0 saturated carbocycles. The van der Waals surface area contributed by atoms with E-state index in [-0.39, 0.29) is 16.8 Å². The van der Waals surface area contributed by atoms with Crippen molar-refractivity contribution in [1.29, 1.82) is 0 Å². The number of nitrogens with zero attached hydrogens (tertiary/aromatic N) is 2. The largest absolute Gasteiger partial charge is 0.466 e. The number of allylic oxidation sites excluding steroid dienone is 2. The van der Waals surface area contributed by atoms with Crippen molar-refractivity contribution in [3.05, 3.63) is 60.6 Å². The van der Waals surface area contributed by atoms with Crippen molar-refractivity contribution in [1.82, 2.24) is 9.97 Å². The Morgan fingerprint density at radius 1 is 1.19 bits per heavy atom. The third kappa shape index (κ3) is 4.80. The lowest BCUT2D eigenvalue weighted by molar-refractivity contribution is -0.148. The second-order valence-electron chi connectivity index (χ2n) is 7.82. The first-order valence-corrected chi connectivity index (χ1v) is 12.4. The van der Waals surface area contributed by atoms with Crippen molar-refractivity contribution in [2.24, 2.45) is 5.92 Å². The molecule has 1 aliphatic carbocycles. The van der Waals surface area contributed by atoms with Gasteiger partial charge in [0.1, 0.15) is 5.82 Å². The SMILES string of the molecule is CCOC(=O)C1CC=C(c2nccc3cnc(Nc4ccc(S(C)(=O)=O)cc4)cc23)CC1. The standard InChI is InChI=1S/C24H25N3O4S/c1-3-31-24(28)17-6-4-16(5-7-17)23-21-14-22(26-15-18(21)12-13-25-23)27-19-8-10-20(11-9-19)32(2,29)30/h4,8-15,17H,3,5-7H2,1-2H3,(H,26,27). The fourth-order valence-electron chi connectivity index (χ4n) is 3.85. The van der Waals surface area contributed by atoms with Gasteiger partial charge in [0.2, 0.25) is 0 Å². The molecule has 0 radical (unpaired) electrons. The third-order valence-electron chi connectivity index (χ3n) is 5.54. The van der Waals surface area contributed by atoms with Gasteiger partial charge in [0.05, 0.1) is 23.1 Å². The highest BCUT2D eigenvalue weighted by Gasteiger charge is 2.24. The second kappa shape index (κ2) is 9.08. The zero-order valence-electron chi connectivity index (χ0n) is 18.0. The van der Waals surface area contributed by atoms with E-state index in [9.17, 15) is 13.2 Å². The number of rotatable bonds is 6. The third-order valence-corrected chi connectivity index (χ3v) is 6.67. The summed E-state index contributed by atoms with van der Waals surface area (Å²) in [4.78, 5) is 21.4. The van der Waals surface area contributed by atoms with Gasteiger partial charge in [-0.05, 0) is 68.2 Å². The summed E-state index contributed by atoms with van der Waals surface area (Å²) in [6.45, 7) is 2.22. The van der Waals surface area contributed by atoms with E-state index in [0.717, 1.165) is 40.6 Å². The number of carbonyl (C=O) groups excluding carboxylic acids is 1. The van der Waals surface area contributed by atoms with Gasteiger partial charge in [0.15, 0.2) is 9.84 Å². The molecule has 7 nitrogen and oxygen atoms in total. The predicted octanol–water partition coefficient (Wildman–Crippen LogP) is 4.52. The Bertz CT molecular complexity index is 1280. The monoisotopic (exact) mass is 451 g/mol. The van der Waals surface area contributed by atoms with E-state index in [1.54, 1.807) is 36.7 Å². The molecule has 166 valence electrons. The Morgan fingerprint density at radius 2 is 1.97 bits per heavy atom. The van der Waals surface area contributed by atoms with Crippen molar-refractivity contribution < 1.29 is 17.9 Å². The van der Waals surface area contributed by atoms with E-state index in [2.05, 4.69) is 21.4 Å². The number of benzene rings is 1. The molecule has 2 aromatic heterocycles. The van der Waals surface area contributed by atoms with Crippen LogP contribution in [0.2, 0.25) is 0 Å². The van der Waals surface area contributed by atoms with Gasteiger partial charge in [-0.25, -0.2) is 13.4 Å². The smallest absolute Gasteiger partial charge is 0.309 e. The Kier molecular flexibility index (Phi) is 6.23. The predicted molar refractivity (Wildman–Crippen MR) is 124 cm³/mol. The Balaban J connectivity index is 1.59. The molecule has 32 heavy (non-hydrogen) atoms. The quantitative estimate of drug-likeness (QED) is 0.550. The number of esters is 1. The Hall–Kier alpha value is -3.26. The minimum absolute atomic E-state index is 0.0949. The molecule has 1 aliphatic rings. The molecular weight excluding hydrogens is 426 g/mol. The van der Waals surface area contributed by atoms with Gasteiger partial charge in [0.25, 0.3) is 0 Å². The first-order chi connectivity index (χ1) is 15.3. The zero-order valence-corrected chi connectivity index (χ0v) is 18.9. The minimum Gasteiger partial charge on any atom is -0.466 e. The number of fused-ring (bicyclic) bond motifs is 1. The normalized spacial score (nSPS) is 16.4. The van der Waals surface area contributed by atoms with E-state index >= 15 is 0 Å². The van der Waals surface area contributed by atoms with E-state index in [1.165, 1.54) is 6.26 Å². The molecule has 0 spiro atoms. The molecular formula is C24H25N3O4S. The van der Waals surface area contributed by atoms with Crippen LogP contribution < -0.4 is 5.32 Å². The molecule has 0 fully saturated rings. The maximum Gasteiger partial charge on any atom is 0.309 e. The molecule has 1 atom stereocenters. The van der Waals surface area contributed by atoms with Gasteiger partial charge < -0.3 is 10.1 Å². The number of nitrogens with one attached hydrogen (secondary N) is 1. The van der Waals surface area contributed by atoms with Gasteiger partial charge >= 0.3 is 5.97 Å².